The maximum Gasteiger partial charge on any atom is 0.269 e. The molecular weight excluding hydrogens is 328 g/mol. The maximum absolute atomic E-state index is 12.4. The number of aliphatic carboxylic acids is 1. The number of carbonyl (C=O) groups is 2. The van der Waals surface area contributed by atoms with E-state index in [1.165, 1.54) is 11.8 Å². The number of nitrogens with zero attached hydrogens (tertiary/aromatic N) is 2. The van der Waals surface area contributed by atoms with E-state index in [0.29, 0.717) is 4.91 Å². The van der Waals surface area contributed by atoms with E-state index in [-0.39, 0.29) is 10.2 Å². The van der Waals surface area contributed by atoms with Crippen LogP contribution in [0.2, 0.25) is 0 Å². The van der Waals surface area contributed by atoms with Crippen LogP contribution in [0, 0.1) is 0 Å². The zero-order chi connectivity index (χ0) is 15.1. The molecular formula is C13H9N2O3S3-. The summed E-state index contributed by atoms with van der Waals surface area (Å²) < 4.78 is 0.247. The molecule has 1 aromatic carbocycles. The van der Waals surface area contributed by atoms with E-state index < -0.39 is 12.5 Å². The highest BCUT2D eigenvalue weighted by molar-refractivity contribution is 8.27. The summed E-state index contributed by atoms with van der Waals surface area (Å²) in [6, 6.07) is 7.81. The van der Waals surface area contributed by atoms with E-state index in [1.54, 1.807) is 0 Å². The Morgan fingerprint density at radius 3 is 2.71 bits per heavy atom. The molecule has 2 heterocycles. The number of benzene rings is 1. The molecule has 0 N–H and O–H groups in total. The van der Waals surface area contributed by atoms with Gasteiger partial charge in [0, 0.05) is 11.9 Å². The van der Waals surface area contributed by atoms with Gasteiger partial charge in [0.2, 0.25) is 0 Å². The van der Waals surface area contributed by atoms with Crippen LogP contribution in [0.15, 0.2) is 39.1 Å². The van der Waals surface area contributed by atoms with Crippen LogP contribution in [0.5, 0.6) is 0 Å². The van der Waals surface area contributed by atoms with Crippen molar-refractivity contribution in [1.29, 1.82) is 0 Å². The fourth-order valence-corrected chi connectivity index (χ4v) is 4.67. The van der Waals surface area contributed by atoms with Gasteiger partial charge in [0.1, 0.15) is 9.23 Å². The first-order valence-electron chi connectivity index (χ1n) is 5.97. The quantitative estimate of drug-likeness (QED) is 0.589. The predicted octanol–water partition coefficient (Wildman–Crippen LogP) is 1.01. The average molecular weight is 337 g/mol. The molecule has 8 heteroatoms. The number of carboxylic acids is 1. The summed E-state index contributed by atoms with van der Waals surface area (Å²) in [5.41, 5.74) is 1.02. The number of rotatable bonds is 2. The van der Waals surface area contributed by atoms with Crippen molar-refractivity contribution in [3.8, 4) is 0 Å². The van der Waals surface area contributed by atoms with Gasteiger partial charge in [-0.1, -0.05) is 47.9 Å². The summed E-state index contributed by atoms with van der Waals surface area (Å²) in [5.74, 6) is -1.70. The Balaban J connectivity index is 1.97. The number of hydrogen-bond donors (Lipinski definition) is 0. The molecule has 0 spiro atoms. The highest BCUT2D eigenvalue weighted by Gasteiger charge is 2.37. The van der Waals surface area contributed by atoms with Crippen molar-refractivity contribution in [2.75, 3.05) is 18.5 Å². The molecule has 1 saturated heterocycles. The smallest absolute Gasteiger partial charge is 0.269 e. The Labute approximate surface area is 135 Å². The van der Waals surface area contributed by atoms with E-state index in [2.05, 4.69) is 0 Å². The number of carbonyl (C=O) groups excluding carboxylic acids is 2. The minimum Gasteiger partial charge on any atom is -0.548 e. The van der Waals surface area contributed by atoms with Gasteiger partial charge in [0.15, 0.2) is 0 Å². The molecule has 0 unspecified atom stereocenters. The molecule has 2 aliphatic heterocycles. The van der Waals surface area contributed by atoms with Crippen LogP contribution in [-0.2, 0) is 9.59 Å². The standard InChI is InChI=1S/C13H10N2O3S3/c1-14-7-4-2-3-5-8(7)20-12(14)10-11(18)15(6-9(16)17)13(19)21-10/h2-5H,6H2,1H3,(H,16,17)/p-1/b12-10-. The van der Waals surface area contributed by atoms with E-state index >= 15 is 0 Å². The Morgan fingerprint density at radius 1 is 1.33 bits per heavy atom. The molecule has 1 amide bonds. The normalized spacial score (nSPS) is 21.2. The maximum atomic E-state index is 12.4. The molecule has 5 nitrogen and oxygen atoms in total. The molecule has 0 radical (unpaired) electrons. The second-order valence-corrected chi connectivity index (χ2v) is 7.07. The number of hydrogen-bond acceptors (Lipinski definition) is 7. The summed E-state index contributed by atoms with van der Waals surface area (Å²) in [6.07, 6.45) is 0. The van der Waals surface area contributed by atoms with E-state index in [4.69, 9.17) is 12.2 Å². The number of thiocarbonyl (C=S) groups is 1. The number of fused-ring (bicyclic) bond motifs is 1. The van der Waals surface area contributed by atoms with Crippen LogP contribution >= 0.6 is 35.7 Å². The van der Waals surface area contributed by atoms with Gasteiger partial charge in [0.25, 0.3) is 5.91 Å². The molecule has 0 aliphatic carbocycles. The fourth-order valence-electron chi connectivity index (χ4n) is 2.09. The lowest BCUT2D eigenvalue weighted by Gasteiger charge is -2.16. The summed E-state index contributed by atoms with van der Waals surface area (Å²) >= 11 is 7.70. The lowest BCUT2D eigenvalue weighted by atomic mass is 10.3. The van der Waals surface area contributed by atoms with Crippen molar-refractivity contribution in [2.45, 2.75) is 4.90 Å². The highest BCUT2D eigenvalue weighted by Crippen LogP contribution is 2.49. The van der Waals surface area contributed by atoms with Gasteiger partial charge < -0.3 is 14.8 Å². The first-order chi connectivity index (χ1) is 9.99. The second-order valence-electron chi connectivity index (χ2n) is 4.39. The fraction of sp³-hybridized carbons (Fsp3) is 0.154. The van der Waals surface area contributed by atoms with Crippen LogP contribution < -0.4 is 10.0 Å². The van der Waals surface area contributed by atoms with Crippen molar-refractivity contribution < 1.29 is 14.7 Å². The van der Waals surface area contributed by atoms with Crippen molar-refractivity contribution in [2.24, 2.45) is 0 Å². The van der Waals surface area contributed by atoms with Gasteiger partial charge in [-0.2, -0.15) is 0 Å². The van der Waals surface area contributed by atoms with Gasteiger partial charge >= 0.3 is 0 Å². The van der Waals surface area contributed by atoms with Crippen molar-refractivity contribution >= 4 is 57.6 Å². The highest BCUT2D eigenvalue weighted by atomic mass is 32.2. The molecule has 2 aliphatic rings. The van der Waals surface area contributed by atoms with Crippen molar-refractivity contribution in [3.63, 3.8) is 0 Å². The first-order valence-corrected chi connectivity index (χ1v) is 8.01. The molecule has 0 atom stereocenters. The summed E-state index contributed by atoms with van der Waals surface area (Å²) in [5, 5.41) is 11.5. The molecule has 0 aromatic heterocycles. The SMILES string of the molecule is CN1/C(=C2/SC(=S)N(CC(=O)[O-])C2=O)Sc2ccccc21. The number of para-hydroxylation sites is 1. The largest absolute Gasteiger partial charge is 0.548 e. The van der Waals surface area contributed by atoms with Crippen LogP contribution in [-0.4, -0.2) is 34.7 Å². The molecule has 3 rings (SSSR count). The van der Waals surface area contributed by atoms with Crippen LogP contribution in [0.1, 0.15) is 0 Å². The third-order valence-electron chi connectivity index (χ3n) is 3.07. The number of anilines is 1. The minimum absolute atomic E-state index is 0.247. The predicted molar refractivity (Wildman–Crippen MR) is 84.6 cm³/mol. The molecule has 1 aromatic rings. The average Bonchev–Trinajstić information content (AvgIpc) is 2.91. The molecule has 0 bridgehead atoms. The Kier molecular flexibility index (Phi) is 3.68. The summed E-state index contributed by atoms with van der Waals surface area (Å²) in [6.45, 7) is -0.511. The van der Waals surface area contributed by atoms with E-state index in [0.717, 1.165) is 32.3 Å². The van der Waals surface area contributed by atoms with E-state index in [9.17, 15) is 14.7 Å². The van der Waals surface area contributed by atoms with Gasteiger partial charge in [-0.3, -0.25) is 9.69 Å². The van der Waals surface area contributed by atoms with E-state index in [1.807, 2.05) is 36.2 Å². The third-order valence-corrected chi connectivity index (χ3v) is 5.87. The van der Waals surface area contributed by atoms with Gasteiger partial charge in [-0.05, 0) is 12.1 Å². The monoisotopic (exact) mass is 337 g/mol. The second kappa shape index (κ2) is 5.36. The number of carboxylic acid groups (broad SMARTS) is 1. The molecule has 1 fully saturated rings. The lowest BCUT2D eigenvalue weighted by molar-refractivity contribution is -0.305. The Bertz CT molecular complexity index is 702. The van der Waals surface area contributed by atoms with Gasteiger partial charge in [-0.25, -0.2) is 0 Å². The summed E-state index contributed by atoms with van der Waals surface area (Å²) in [4.78, 5) is 27.6. The first kappa shape index (κ1) is 14.4. The molecule has 108 valence electrons. The van der Waals surface area contributed by atoms with Crippen LogP contribution in [0.25, 0.3) is 0 Å². The van der Waals surface area contributed by atoms with Crippen molar-refractivity contribution in [1.82, 2.24) is 4.90 Å². The molecule has 21 heavy (non-hydrogen) atoms. The molecule has 0 saturated carbocycles. The zero-order valence-corrected chi connectivity index (χ0v) is 13.3. The van der Waals surface area contributed by atoms with Gasteiger partial charge in [-0.15, -0.1) is 0 Å². The van der Waals surface area contributed by atoms with Crippen LogP contribution in [0.3, 0.4) is 0 Å². The number of amides is 1. The Morgan fingerprint density at radius 2 is 2.05 bits per heavy atom. The zero-order valence-electron chi connectivity index (χ0n) is 10.9. The summed E-state index contributed by atoms with van der Waals surface area (Å²) in [7, 11) is 1.87. The van der Waals surface area contributed by atoms with Crippen LogP contribution in [0.4, 0.5) is 5.69 Å². The third kappa shape index (κ3) is 2.43. The van der Waals surface area contributed by atoms with Crippen molar-refractivity contribution in [3.05, 3.63) is 34.2 Å². The minimum atomic E-state index is -1.33. The van der Waals surface area contributed by atoms with Gasteiger partial charge in [0.05, 0.1) is 23.2 Å². The lowest BCUT2D eigenvalue weighted by Crippen LogP contribution is -2.40. The topological polar surface area (TPSA) is 63.7 Å². The number of thioether (sulfide) groups is 2. The Hall–Kier alpha value is -1.51.